The van der Waals surface area contributed by atoms with E-state index < -0.39 is 6.10 Å². The molecule has 0 amide bonds. The highest BCUT2D eigenvalue weighted by molar-refractivity contribution is 8.01. The molecule has 0 aliphatic rings. The van der Waals surface area contributed by atoms with Gasteiger partial charge in [0.15, 0.2) is 4.34 Å². The van der Waals surface area contributed by atoms with E-state index in [-0.39, 0.29) is 0 Å². The van der Waals surface area contributed by atoms with E-state index in [0.717, 1.165) is 20.3 Å². The Balaban J connectivity index is 1.84. The molecule has 1 atom stereocenters. The van der Waals surface area contributed by atoms with E-state index in [0.29, 0.717) is 0 Å². The van der Waals surface area contributed by atoms with Crippen molar-refractivity contribution in [2.45, 2.75) is 22.3 Å². The van der Waals surface area contributed by atoms with Crippen LogP contribution in [0.25, 0.3) is 10.2 Å². The molecule has 2 nitrogen and oxygen atoms in total. The van der Waals surface area contributed by atoms with E-state index in [1.54, 1.807) is 30.0 Å². The summed E-state index contributed by atoms with van der Waals surface area (Å²) in [6.07, 6.45) is -0.415. The van der Waals surface area contributed by atoms with Gasteiger partial charge in [0.2, 0.25) is 0 Å². The zero-order valence-electron chi connectivity index (χ0n) is 10.4. The van der Waals surface area contributed by atoms with Gasteiger partial charge in [0.1, 0.15) is 0 Å². The fourth-order valence-corrected chi connectivity index (χ4v) is 3.85. The number of rotatable bonds is 3. The van der Waals surface area contributed by atoms with E-state index in [1.165, 1.54) is 4.70 Å². The lowest BCUT2D eigenvalue weighted by molar-refractivity contribution is 0.199. The van der Waals surface area contributed by atoms with Crippen LogP contribution in [0.5, 0.6) is 0 Å². The second-order valence-electron chi connectivity index (χ2n) is 4.29. The SMILES string of the molecule is CC(O)c1ccc(Sc2nc3ccccc3s2)cc1. The lowest BCUT2D eigenvalue weighted by Gasteiger charge is -2.04. The molecule has 1 N–H and O–H groups in total. The topological polar surface area (TPSA) is 33.1 Å². The van der Waals surface area contributed by atoms with Gasteiger partial charge < -0.3 is 5.11 Å². The van der Waals surface area contributed by atoms with Gasteiger partial charge in [-0.15, -0.1) is 11.3 Å². The van der Waals surface area contributed by atoms with E-state index in [9.17, 15) is 5.11 Å². The molecule has 0 saturated heterocycles. The number of fused-ring (bicyclic) bond motifs is 1. The number of thiazole rings is 1. The Morgan fingerprint density at radius 2 is 1.84 bits per heavy atom. The van der Waals surface area contributed by atoms with Gasteiger partial charge in [-0.25, -0.2) is 4.98 Å². The van der Waals surface area contributed by atoms with Crippen LogP contribution in [0.3, 0.4) is 0 Å². The van der Waals surface area contributed by atoms with Crippen LogP contribution < -0.4 is 0 Å². The molecule has 1 aromatic heterocycles. The molecule has 0 aliphatic carbocycles. The molecule has 1 heterocycles. The first-order valence-electron chi connectivity index (χ1n) is 6.04. The summed E-state index contributed by atoms with van der Waals surface area (Å²) in [5, 5.41) is 9.48. The maximum atomic E-state index is 9.48. The fourth-order valence-electron chi connectivity index (χ4n) is 1.81. The molecule has 1 unspecified atom stereocenters. The Kier molecular flexibility index (Phi) is 3.55. The number of hydrogen-bond donors (Lipinski definition) is 1. The van der Waals surface area contributed by atoms with E-state index in [4.69, 9.17) is 0 Å². The second-order valence-corrected chi connectivity index (χ2v) is 6.65. The summed E-state index contributed by atoms with van der Waals surface area (Å²) in [7, 11) is 0. The van der Waals surface area contributed by atoms with Crippen LogP contribution in [0, 0.1) is 0 Å². The molecule has 4 heteroatoms. The van der Waals surface area contributed by atoms with Crippen molar-refractivity contribution in [3.8, 4) is 0 Å². The van der Waals surface area contributed by atoms with Crippen molar-refractivity contribution in [2.75, 3.05) is 0 Å². The normalized spacial score (nSPS) is 12.7. The third kappa shape index (κ3) is 2.81. The highest BCUT2D eigenvalue weighted by Gasteiger charge is 2.06. The highest BCUT2D eigenvalue weighted by atomic mass is 32.2. The van der Waals surface area contributed by atoms with Crippen LogP contribution in [0.2, 0.25) is 0 Å². The molecule has 3 rings (SSSR count). The molecule has 0 bridgehead atoms. The minimum atomic E-state index is -0.415. The third-order valence-corrected chi connectivity index (χ3v) is 4.95. The lowest BCUT2D eigenvalue weighted by atomic mass is 10.1. The number of hydrogen-bond acceptors (Lipinski definition) is 4. The Labute approximate surface area is 120 Å². The number of nitrogens with zero attached hydrogens (tertiary/aromatic N) is 1. The zero-order valence-corrected chi connectivity index (χ0v) is 12.0. The largest absolute Gasteiger partial charge is 0.389 e. The fraction of sp³-hybridized carbons (Fsp3) is 0.133. The maximum Gasteiger partial charge on any atom is 0.155 e. The van der Waals surface area contributed by atoms with Gasteiger partial charge in [0, 0.05) is 4.90 Å². The summed E-state index contributed by atoms with van der Waals surface area (Å²) in [4.78, 5) is 5.74. The van der Waals surface area contributed by atoms with Crippen molar-refractivity contribution >= 4 is 33.3 Å². The molecular formula is C15H13NOS2. The third-order valence-electron chi connectivity index (χ3n) is 2.84. The smallest absolute Gasteiger partial charge is 0.155 e. The van der Waals surface area contributed by atoms with E-state index in [1.807, 2.05) is 42.5 Å². The number of aliphatic hydroxyl groups is 1. The monoisotopic (exact) mass is 287 g/mol. The van der Waals surface area contributed by atoms with Gasteiger partial charge in [-0.3, -0.25) is 0 Å². The Bertz CT molecular complexity index is 656. The van der Waals surface area contributed by atoms with E-state index in [2.05, 4.69) is 11.1 Å². The first-order valence-corrected chi connectivity index (χ1v) is 7.67. The zero-order chi connectivity index (χ0) is 13.2. The highest BCUT2D eigenvalue weighted by Crippen LogP contribution is 2.34. The molecule has 0 fully saturated rings. The first kappa shape index (κ1) is 12.7. The lowest BCUT2D eigenvalue weighted by Crippen LogP contribution is -1.89. The summed E-state index contributed by atoms with van der Waals surface area (Å²) in [5.74, 6) is 0. The molecule has 0 radical (unpaired) electrons. The van der Waals surface area contributed by atoms with E-state index >= 15 is 0 Å². The molecule has 0 aliphatic heterocycles. The van der Waals surface area contributed by atoms with Crippen molar-refractivity contribution in [3.05, 3.63) is 54.1 Å². The maximum absolute atomic E-state index is 9.48. The molecule has 96 valence electrons. The number of aliphatic hydroxyl groups excluding tert-OH is 1. The van der Waals surface area contributed by atoms with Crippen LogP contribution in [0.15, 0.2) is 57.8 Å². The summed E-state index contributed by atoms with van der Waals surface area (Å²) in [6.45, 7) is 1.77. The molecule has 0 spiro atoms. The van der Waals surface area contributed by atoms with Gasteiger partial charge >= 0.3 is 0 Å². The van der Waals surface area contributed by atoms with Crippen LogP contribution in [-0.2, 0) is 0 Å². The molecule has 3 aromatic rings. The van der Waals surface area contributed by atoms with Gasteiger partial charge in [0.05, 0.1) is 16.3 Å². The summed E-state index contributed by atoms with van der Waals surface area (Å²) in [6, 6.07) is 16.1. The van der Waals surface area contributed by atoms with Gasteiger partial charge in [-0.05, 0) is 36.8 Å². The molecule has 19 heavy (non-hydrogen) atoms. The standard InChI is InChI=1S/C15H13NOS2/c1-10(17)11-6-8-12(9-7-11)18-15-16-13-4-2-3-5-14(13)19-15/h2-10,17H,1H3. The summed E-state index contributed by atoms with van der Waals surface area (Å²) >= 11 is 3.36. The molecule has 2 aromatic carbocycles. The van der Waals surface area contributed by atoms with Crippen molar-refractivity contribution in [3.63, 3.8) is 0 Å². The van der Waals surface area contributed by atoms with Crippen molar-refractivity contribution in [1.82, 2.24) is 4.98 Å². The van der Waals surface area contributed by atoms with Crippen molar-refractivity contribution < 1.29 is 5.11 Å². The molecular weight excluding hydrogens is 274 g/mol. The Morgan fingerprint density at radius 3 is 2.53 bits per heavy atom. The number of benzene rings is 2. The summed E-state index contributed by atoms with van der Waals surface area (Å²) < 4.78 is 2.26. The molecule has 0 saturated carbocycles. The minimum absolute atomic E-state index is 0.415. The Hall–Kier alpha value is -1.36. The number of aromatic nitrogens is 1. The van der Waals surface area contributed by atoms with Crippen LogP contribution in [0.1, 0.15) is 18.6 Å². The van der Waals surface area contributed by atoms with Gasteiger partial charge in [-0.2, -0.15) is 0 Å². The average molecular weight is 287 g/mol. The van der Waals surface area contributed by atoms with Crippen LogP contribution in [-0.4, -0.2) is 10.1 Å². The first-order chi connectivity index (χ1) is 9.22. The average Bonchev–Trinajstić information content (AvgIpc) is 2.81. The Morgan fingerprint density at radius 1 is 1.11 bits per heavy atom. The van der Waals surface area contributed by atoms with Gasteiger partial charge in [0.25, 0.3) is 0 Å². The van der Waals surface area contributed by atoms with Crippen LogP contribution in [0.4, 0.5) is 0 Å². The quantitative estimate of drug-likeness (QED) is 0.770. The minimum Gasteiger partial charge on any atom is -0.389 e. The predicted octanol–water partition coefficient (Wildman–Crippen LogP) is 4.50. The number of para-hydroxylation sites is 1. The predicted molar refractivity (Wildman–Crippen MR) is 80.8 cm³/mol. The van der Waals surface area contributed by atoms with Crippen LogP contribution >= 0.6 is 23.1 Å². The summed E-state index contributed by atoms with van der Waals surface area (Å²) in [5.41, 5.74) is 1.99. The van der Waals surface area contributed by atoms with Crippen molar-refractivity contribution in [2.24, 2.45) is 0 Å². The second kappa shape index (κ2) is 5.33. The van der Waals surface area contributed by atoms with Gasteiger partial charge in [-0.1, -0.05) is 36.0 Å². The van der Waals surface area contributed by atoms with Crippen molar-refractivity contribution in [1.29, 1.82) is 0 Å².